The summed E-state index contributed by atoms with van der Waals surface area (Å²) in [7, 11) is -4.31. The molecule has 0 aliphatic carbocycles. The first-order chi connectivity index (χ1) is 14.8. The molecule has 1 unspecified atom stereocenters. The molecule has 13 heteroatoms. The minimum Gasteiger partial charge on any atom is -0.387 e. The van der Waals surface area contributed by atoms with E-state index < -0.39 is 39.0 Å². The summed E-state index contributed by atoms with van der Waals surface area (Å²) in [6, 6.07) is 0. The lowest BCUT2D eigenvalue weighted by atomic mass is 10.1. The van der Waals surface area contributed by atoms with Crippen LogP contribution in [0.5, 0.6) is 0 Å². The Morgan fingerprint density at radius 1 is 1.13 bits per heavy atom. The molecular weight excluding hydrogens is 429 g/mol. The van der Waals surface area contributed by atoms with Gasteiger partial charge in [0.25, 0.3) is 0 Å². The second-order valence-corrected chi connectivity index (χ2v) is 8.95. The topological polar surface area (TPSA) is 175 Å². The first-order valence-electron chi connectivity index (χ1n) is 10.4. The zero-order valence-electron chi connectivity index (χ0n) is 17.4. The van der Waals surface area contributed by atoms with Crippen molar-refractivity contribution in [3.63, 3.8) is 0 Å². The van der Waals surface area contributed by atoms with Gasteiger partial charge in [0.2, 0.25) is 0 Å². The lowest BCUT2D eigenvalue weighted by molar-refractivity contribution is -0.0514. The van der Waals surface area contributed by atoms with Crippen molar-refractivity contribution in [3.8, 4) is 0 Å². The first-order valence-corrected chi connectivity index (χ1v) is 11.9. The molecule has 2 aromatic heterocycles. The molecule has 0 bridgehead atoms. The summed E-state index contributed by atoms with van der Waals surface area (Å²) in [5.41, 5.74) is 6.41. The summed E-state index contributed by atoms with van der Waals surface area (Å²) in [4.78, 5) is 21.9. The molecule has 1 aliphatic rings. The largest absolute Gasteiger partial charge is 0.472 e. The number of fused-ring (bicyclic) bond motifs is 1. The Balaban J connectivity index is 1.51. The number of aromatic nitrogens is 4. The second kappa shape index (κ2) is 10.8. The molecule has 174 valence electrons. The molecule has 0 saturated carbocycles. The molecule has 3 heterocycles. The number of aliphatic hydroxyl groups excluding tert-OH is 2. The quantitative estimate of drug-likeness (QED) is 0.267. The molecule has 2 aromatic rings. The van der Waals surface area contributed by atoms with Crippen LogP contribution in [0.4, 0.5) is 5.82 Å². The summed E-state index contributed by atoms with van der Waals surface area (Å²) in [6.07, 6.45) is 3.88. The fourth-order valence-electron chi connectivity index (χ4n) is 3.42. The number of nitrogens with two attached hydrogens (primary N) is 1. The van der Waals surface area contributed by atoms with Crippen molar-refractivity contribution in [2.24, 2.45) is 0 Å². The normalized spacial score (nSPS) is 25.8. The molecule has 5 N–H and O–H groups in total. The molecule has 1 saturated heterocycles. The lowest BCUT2D eigenvalue weighted by Gasteiger charge is -2.17. The average Bonchev–Trinajstić information content (AvgIpc) is 3.28. The summed E-state index contributed by atoms with van der Waals surface area (Å²) in [5.74, 6) is 0.167. The van der Waals surface area contributed by atoms with Crippen LogP contribution in [0, 0.1) is 0 Å². The van der Waals surface area contributed by atoms with E-state index in [9.17, 15) is 19.7 Å². The maximum atomic E-state index is 12.1. The van der Waals surface area contributed by atoms with Crippen LogP contribution in [0.15, 0.2) is 12.7 Å². The number of phosphoric ester groups is 1. The second-order valence-electron chi connectivity index (χ2n) is 7.49. The van der Waals surface area contributed by atoms with Crippen LogP contribution in [-0.4, -0.2) is 66.2 Å². The van der Waals surface area contributed by atoms with Gasteiger partial charge in [-0.3, -0.25) is 13.6 Å². The average molecular weight is 459 g/mol. The third-order valence-electron chi connectivity index (χ3n) is 5.15. The van der Waals surface area contributed by atoms with Gasteiger partial charge in [0.1, 0.15) is 30.2 Å². The Hall–Kier alpha value is -1.66. The van der Waals surface area contributed by atoms with Crippen LogP contribution >= 0.6 is 7.82 Å². The van der Waals surface area contributed by atoms with Gasteiger partial charge in [0.05, 0.1) is 19.5 Å². The van der Waals surface area contributed by atoms with E-state index in [0.717, 1.165) is 25.7 Å². The Kier molecular flexibility index (Phi) is 8.34. The summed E-state index contributed by atoms with van der Waals surface area (Å²) >= 11 is 0. The smallest absolute Gasteiger partial charge is 0.387 e. The molecule has 0 spiro atoms. The number of phosphoric acid groups is 1. The van der Waals surface area contributed by atoms with Gasteiger partial charge in [-0.05, 0) is 6.42 Å². The van der Waals surface area contributed by atoms with Gasteiger partial charge < -0.3 is 25.6 Å². The Morgan fingerprint density at radius 3 is 2.65 bits per heavy atom. The predicted molar refractivity (Wildman–Crippen MR) is 111 cm³/mol. The number of rotatable bonds is 12. The number of unbranched alkanes of at least 4 members (excludes halogenated alkanes) is 5. The van der Waals surface area contributed by atoms with E-state index in [4.69, 9.17) is 19.5 Å². The van der Waals surface area contributed by atoms with Crippen LogP contribution in [0.25, 0.3) is 11.2 Å². The van der Waals surface area contributed by atoms with E-state index in [1.165, 1.54) is 23.6 Å². The van der Waals surface area contributed by atoms with Crippen molar-refractivity contribution in [3.05, 3.63) is 12.7 Å². The van der Waals surface area contributed by atoms with Crippen molar-refractivity contribution >= 4 is 24.8 Å². The SMILES string of the molecule is CCCCCCCCOP(=O)(O)OC[C@H]1O[C@@H](n2cnc3c(N)ncnc32)[C@H](O)[C@@H]1O. The van der Waals surface area contributed by atoms with Crippen molar-refractivity contribution in [2.75, 3.05) is 18.9 Å². The monoisotopic (exact) mass is 459 g/mol. The standard InChI is InChI=1S/C18H30N5O7P/c1-2-3-4-5-6-7-8-28-31(26,27)29-9-12-14(24)15(25)18(30-12)23-11-22-13-16(19)20-10-21-17(13)23/h10-12,14-15,18,24-25H,2-9H2,1H3,(H,26,27)(H2,19,20,21)/t12-,14-,15-,18-/m1/s1. The Labute approximate surface area is 180 Å². The van der Waals surface area contributed by atoms with Gasteiger partial charge in [-0.25, -0.2) is 19.5 Å². The van der Waals surface area contributed by atoms with E-state index in [-0.39, 0.29) is 12.4 Å². The Bertz CT molecular complexity index is 897. The maximum absolute atomic E-state index is 12.1. The number of anilines is 1. The zero-order valence-corrected chi connectivity index (χ0v) is 18.3. The zero-order chi connectivity index (χ0) is 22.4. The van der Waals surface area contributed by atoms with E-state index in [1.807, 2.05) is 0 Å². The summed E-state index contributed by atoms with van der Waals surface area (Å²) < 4.78 is 29.1. The molecule has 31 heavy (non-hydrogen) atoms. The highest BCUT2D eigenvalue weighted by atomic mass is 31.2. The molecular formula is C18H30N5O7P. The van der Waals surface area contributed by atoms with E-state index >= 15 is 0 Å². The highest BCUT2D eigenvalue weighted by Crippen LogP contribution is 2.44. The maximum Gasteiger partial charge on any atom is 0.472 e. The van der Waals surface area contributed by atoms with Crippen molar-refractivity contribution < 1.29 is 33.5 Å². The number of imidazole rings is 1. The van der Waals surface area contributed by atoms with Crippen molar-refractivity contribution in [2.45, 2.75) is 70.0 Å². The summed E-state index contributed by atoms with van der Waals surface area (Å²) in [5, 5.41) is 20.7. The molecule has 1 aliphatic heterocycles. The minimum atomic E-state index is -4.31. The van der Waals surface area contributed by atoms with Gasteiger partial charge in [0, 0.05) is 0 Å². The number of hydrogen-bond acceptors (Lipinski definition) is 10. The molecule has 12 nitrogen and oxygen atoms in total. The van der Waals surface area contributed by atoms with Gasteiger partial charge in [-0.2, -0.15) is 0 Å². The molecule has 5 atom stereocenters. The highest BCUT2D eigenvalue weighted by Gasteiger charge is 2.45. The fraction of sp³-hybridized carbons (Fsp3) is 0.722. The lowest BCUT2D eigenvalue weighted by Crippen LogP contribution is -2.33. The number of nitrogens with zero attached hydrogens (tertiary/aromatic N) is 4. The third-order valence-corrected chi connectivity index (χ3v) is 6.14. The molecule has 1 fully saturated rings. The number of nitrogen functional groups attached to an aromatic ring is 1. The predicted octanol–water partition coefficient (Wildman–Crippen LogP) is 1.52. The van der Waals surface area contributed by atoms with E-state index in [1.54, 1.807) is 0 Å². The van der Waals surface area contributed by atoms with Gasteiger partial charge >= 0.3 is 7.82 Å². The molecule has 0 aromatic carbocycles. The molecule has 0 radical (unpaired) electrons. The van der Waals surface area contributed by atoms with Gasteiger partial charge in [0.15, 0.2) is 17.7 Å². The van der Waals surface area contributed by atoms with Crippen molar-refractivity contribution in [1.82, 2.24) is 19.5 Å². The molecule has 0 amide bonds. The van der Waals surface area contributed by atoms with Gasteiger partial charge in [-0.15, -0.1) is 0 Å². The highest BCUT2D eigenvalue weighted by molar-refractivity contribution is 7.47. The van der Waals surface area contributed by atoms with Gasteiger partial charge in [-0.1, -0.05) is 39.0 Å². The Morgan fingerprint density at radius 2 is 1.87 bits per heavy atom. The van der Waals surface area contributed by atoms with E-state index in [2.05, 4.69) is 21.9 Å². The van der Waals surface area contributed by atoms with Crippen LogP contribution in [-0.2, 0) is 18.3 Å². The fourth-order valence-corrected chi connectivity index (χ4v) is 4.19. The summed E-state index contributed by atoms with van der Waals surface area (Å²) in [6.45, 7) is 1.79. The number of hydrogen-bond donors (Lipinski definition) is 4. The third kappa shape index (κ3) is 5.98. The number of aliphatic hydroxyl groups is 2. The van der Waals surface area contributed by atoms with Crippen LogP contribution in [0.2, 0.25) is 0 Å². The van der Waals surface area contributed by atoms with Crippen LogP contribution < -0.4 is 5.73 Å². The molecule has 3 rings (SSSR count). The van der Waals surface area contributed by atoms with Crippen LogP contribution in [0.1, 0.15) is 51.7 Å². The van der Waals surface area contributed by atoms with E-state index in [0.29, 0.717) is 17.6 Å². The minimum absolute atomic E-state index is 0.0986. The van der Waals surface area contributed by atoms with Crippen LogP contribution in [0.3, 0.4) is 0 Å². The first kappa shape index (κ1) is 24.0. The number of ether oxygens (including phenoxy) is 1. The van der Waals surface area contributed by atoms with Crippen molar-refractivity contribution in [1.29, 1.82) is 0 Å².